The molecule has 8 nitrogen and oxygen atoms in total. The molecule has 2 aliphatic rings. The minimum Gasteiger partial charge on any atom is -0.396 e. The minimum atomic E-state index is -0.200. The number of H-pyrrole nitrogens is 1. The molecule has 0 radical (unpaired) electrons. The van der Waals surface area contributed by atoms with E-state index in [-0.39, 0.29) is 18.5 Å². The Kier molecular flexibility index (Phi) is 6.50. The number of hydrogen-bond donors (Lipinski definition) is 2. The summed E-state index contributed by atoms with van der Waals surface area (Å²) in [6, 6.07) is 6.79. The fourth-order valence-corrected chi connectivity index (χ4v) is 4.98. The van der Waals surface area contributed by atoms with E-state index in [1.165, 1.54) is 6.07 Å². The van der Waals surface area contributed by atoms with Crippen molar-refractivity contribution >= 4 is 11.6 Å². The molecule has 174 valence electrons. The summed E-state index contributed by atoms with van der Waals surface area (Å²) in [4.78, 5) is 16.2. The SMILES string of the molecule is OCC1CCN(c2nccnc2N2CCN(C(c3cn[nH]c3)c3ccccc3F)CC2)CC1. The van der Waals surface area contributed by atoms with Crippen LogP contribution in [0.4, 0.5) is 16.0 Å². The van der Waals surface area contributed by atoms with Crippen molar-refractivity contribution in [1.82, 2.24) is 25.1 Å². The first-order valence-electron chi connectivity index (χ1n) is 11.6. The second-order valence-corrected chi connectivity index (χ2v) is 8.80. The van der Waals surface area contributed by atoms with Crippen LogP contribution >= 0.6 is 0 Å². The second kappa shape index (κ2) is 9.84. The molecule has 4 heterocycles. The van der Waals surface area contributed by atoms with Gasteiger partial charge >= 0.3 is 0 Å². The van der Waals surface area contributed by atoms with Gasteiger partial charge in [-0.1, -0.05) is 18.2 Å². The topological polar surface area (TPSA) is 84.4 Å². The molecule has 2 saturated heterocycles. The van der Waals surface area contributed by atoms with E-state index in [0.29, 0.717) is 11.5 Å². The first-order chi connectivity index (χ1) is 16.2. The van der Waals surface area contributed by atoms with E-state index in [1.54, 1.807) is 24.7 Å². The van der Waals surface area contributed by atoms with Crippen molar-refractivity contribution in [2.75, 3.05) is 55.7 Å². The lowest BCUT2D eigenvalue weighted by atomic mass is 9.98. The number of halogens is 1. The van der Waals surface area contributed by atoms with Crippen LogP contribution in [-0.2, 0) is 0 Å². The maximum atomic E-state index is 14.7. The highest BCUT2D eigenvalue weighted by molar-refractivity contribution is 5.62. The fourth-order valence-electron chi connectivity index (χ4n) is 4.98. The zero-order valence-electron chi connectivity index (χ0n) is 18.6. The average Bonchev–Trinajstić information content (AvgIpc) is 3.40. The molecule has 0 saturated carbocycles. The van der Waals surface area contributed by atoms with Gasteiger partial charge in [-0.3, -0.25) is 10.00 Å². The summed E-state index contributed by atoms with van der Waals surface area (Å²) in [7, 11) is 0. The van der Waals surface area contributed by atoms with E-state index < -0.39 is 0 Å². The van der Waals surface area contributed by atoms with Gasteiger partial charge in [0, 0.05) is 75.6 Å². The lowest BCUT2D eigenvalue weighted by Crippen LogP contribution is -2.49. The van der Waals surface area contributed by atoms with Crippen molar-refractivity contribution < 1.29 is 9.50 Å². The van der Waals surface area contributed by atoms with E-state index in [2.05, 4.69) is 34.9 Å². The number of piperazine rings is 1. The Balaban J connectivity index is 1.33. The van der Waals surface area contributed by atoms with Crippen LogP contribution in [0.3, 0.4) is 0 Å². The van der Waals surface area contributed by atoms with Crippen LogP contribution in [0.5, 0.6) is 0 Å². The lowest BCUT2D eigenvalue weighted by molar-refractivity contribution is 0.202. The number of aromatic nitrogens is 4. The van der Waals surface area contributed by atoms with Crippen LogP contribution in [0.15, 0.2) is 49.1 Å². The molecule has 1 atom stereocenters. The van der Waals surface area contributed by atoms with Gasteiger partial charge in [0.15, 0.2) is 11.6 Å². The largest absolute Gasteiger partial charge is 0.396 e. The van der Waals surface area contributed by atoms with Crippen LogP contribution in [0.1, 0.15) is 30.0 Å². The number of rotatable bonds is 6. The Hall–Kier alpha value is -3.04. The molecule has 1 aromatic carbocycles. The first kappa shape index (κ1) is 21.8. The van der Waals surface area contributed by atoms with Crippen molar-refractivity contribution in [3.05, 3.63) is 66.0 Å². The molecule has 33 heavy (non-hydrogen) atoms. The molecule has 0 amide bonds. The first-order valence-corrected chi connectivity index (χ1v) is 11.6. The van der Waals surface area contributed by atoms with Gasteiger partial charge < -0.3 is 14.9 Å². The summed E-state index contributed by atoms with van der Waals surface area (Å²) in [5.41, 5.74) is 1.62. The summed E-state index contributed by atoms with van der Waals surface area (Å²) < 4.78 is 14.7. The number of nitrogens with one attached hydrogen (secondary N) is 1. The molecule has 9 heteroatoms. The molecule has 3 aromatic rings. The number of aliphatic hydroxyl groups excluding tert-OH is 1. The van der Waals surface area contributed by atoms with Gasteiger partial charge in [0.05, 0.1) is 12.2 Å². The van der Waals surface area contributed by atoms with Crippen molar-refractivity contribution in [2.45, 2.75) is 18.9 Å². The van der Waals surface area contributed by atoms with E-state index in [4.69, 9.17) is 0 Å². The van der Waals surface area contributed by atoms with E-state index in [0.717, 1.165) is 69.3 Å². The Morgan fingerprint density at radius 1 is 0.970 bits per heavy atom. The standard InChI is InChI=1S/C24H30FN7O/c25-21-4-2-1-3-20(21)22(19-15-28-29-16-19)30-11-13-32(14-12-30)24-23(26-7-8-27-24)31-9-5-18(17-33)6-10-31/h1-4,7-8,15-16,18,22,33H,5-6,9-14,17H2,(H,28,29). The average molecular weight is 452 g/mol. The van der Waals surface area contributed by atoms with Crippen LogP contribution < -0.4 is 9.80 Å². The number of piperidine rings is 1. The third-order valence-corrected chi connectivity index (χ3v) is 6.85. The zero-order valence-corrected chi connectivity index (χ0v) is 18.6. The summed E-state index contributed by atoms with van der Waals surface area (Å²) in [5.74, 6) is 2.00. The maximum Gasteiger partial charge on any atom is 0.172 e. The lowest BCUT2D eigenvalue weighted by Gasteiger charge is -2.41. The molecule has 0 bridgehead atoms. The van der Waals surface area contributed by atoms with Crippen LogP contribution in [-0.4, -0.2) is 76.0 Å². The Morgan fingerprint density at radius 2 is 1.64 bits per heavy atom. The van der Waals surface area contributed by atoms with Gasteiger partial charge in [-0.25, -0.2) is 14.4 Å². The molecule has 2 N–H and O–H groups in total. The van der Waals surface area contributed by atoms with Gasteiger partial charge in [0.1, 0.15) is 5.82 Å². The van der Waals surface area contributed by atoms with Crippen molar-refractivity contribution in [3.8, 4) is 0 Å². The van der Waals surface area contributed by atoms with Crippen LogP contribution in [0.2, 0.25) is 0 Å². The van der Waals surface area contributed by atoms with E-state index in [9.17, 15) is 9.50 Å². The Labute approximate surface area is 193 Å². The smallest absolute Gasteiger partial charge is 0.172 e. The molecule has 0 aliphatic carbocycles. The van der Waals surface area contributed by atoms with E-state index >= 15 is 0 Å². The molecule has 1 unspecified atom stereocenters. The maximum absolute atomic E-state index is 14.7. The van der Waals surface area contributed by atoms with Crippen molar-refractivity contribution in [2.24, 2.45) is 5.92 Å². The molecule has 2 aromatic heterocycles. The number of hydrogen-bond acceptors (Lipinski definition) is 7. The highest BCUT2D eigenvalue weighted by atomic mass is 19.1. The number of aliphatic hydroxyl groups is 1. The second-order valence-electron chi connectivity index (χ2n) is 8.80. The zero-order chi connectivity index (χ0) is 22.6. The fraction of sp³-hybridized carbons (Fsp3) is 0.458. The van der Waals surface area contributed by atoms with Gasteiger partial charge in [0.2, 0.25) is 0 Å². The predicted octanol–water partition coefficient (Wildman–Crippen LogP) is 2.46. The normalized spacial score (nSPS) is 19.1. The number of benzene rings is 1. The summed E-state index contributed by atoms with van der Waals surface area (Å²) >= 11 is 0. The minimum absolute atomic E-state index is 0.189. The van der Waals surface area contributed by atoms with Gasteiger partial charge in [0.25, 0.3) is 0 Å². The van der Waals surface area contributed by atoms with Crippen molar-refractivity contribution in [3.63, 3.8) is 0 Å². The Bertz CT molecular complexity index is 1030. The molecule has 2 aliphatic heterocycles. The van der Waals surface area contributed by atoms with Gasteiger partial charge in [-0.15, -0.1) is 0 Å². The van der Waals surface area contributed by atoms with Crippen LogP contribution in [0, 0.1) is 11.7 Å². The monoisotopic (exact) mass is 451 g/mol. The molecule has 0 spiro atoms. The van der Waals surface area contributed by atoms with Crippen molar-refractivity contribution in [1.29, 1.82) is 0 Å². The summed E-state index contributed by atoms with van der Waals surface area (Å²) in [6.07, 6.45) is 9.06. The number of anilines is 2. The van der Waals surface area contributed by atoms with Crippen LogP contribution in [0.25, 0.3) is 0 Å². The summed E-state index contributed by atoms with van der Waals surface area (Å²) in [6.45, 7) is 5.12. The summed E-state index contributed by atoms with van der Waals surface area (Å²) in [5, 5.41) is 16.4. The van der Waals surface area contributed by atoms with Gasteiger partial charge in [-0.2, -0.15) is 5.10 Å². The molecular formula is C24H30FN7O. The molecular weight excluding hydrogens is 421 g/mol. The Morgan fingerprint density at radius 3 is 2.24 bits per heavy atom. The third-order valence-electron chi connectivity index (χ3n) is 6.85. The van der Waals surface area contributed by atoms with Gasteiger partial charge in [-0.05, 0) is 24.8 Å². The number of aromatic amines is 1. The molecule has 2 fully saturated rings. The molecule has 5 rings (SSSR count). The highest BCUT2D eigenvalue weighted by Crippen LogP contribution is 2.33. The quantitative estimate of drug-likeness (QED) is 0.596. The number of nitrogens with zero attached hydrogens (tertiary/aromatic N) is 6. The third kappa shape index (κ3) is 4.56. The highest BCUT2D eigenvalue weighted by Gasteiger charge is 2.31. The predicted molar refractivity (Wildman–Crippen MR) is 125 cm³/mol. The van der Waals surface area contributed by atoms with E-state index in [1.807, 2.05) is 18.3 Å².